The summed E-state index contributed by atoms with van der Waals surface area (Å²) in [6.45, 7) is 2.65. The Balaban J connectivity index is 1.43. The highest BCUT2D eigenvalue weighted by Gasteiger charge is 2.63. The number of nitrogens with two attached hydrogens (primary N) is 1. The van der Waals surface area contributed by atoms with E-state index in [2.05, 4.69) is 33.8 Å². The molecule has 7 rings (SSSR count). The van der Waals surface area contributed by atoms with Crippen molar-refractivity contribution in [3.63, 3.8) is 0 Å². The summed E-state index contributed by atoms with van der Waals surface area (Å²) in [5.74, 6) is -1.43. The first-order valence-electron chi connectivity index (χ1n) is 11.7. The van der Waals surface area contributed by atoms with E-state index in [1.165, 1.54) is 0 Å². The van der Waals surface area contributed by atoms with Crippen molar-refractivity contribution in [2.75, 3.05) is 6.79 Å². The second-order valence-corrected chi connectivity index (χ2v) is 10.5. The number of carbonyl (C=O) groups excluding carboxylic acids is 3. The molecule has 2 aromatic carbocycles. The second-order valence-electron chi connectivity index (χ2n) is 9.60. The Kier molecular flexibility index (Phi) is 5.43. The van der Waals surface area contributed by atoms with E-state index in [1.54, 1.807) is 0 Å². The van der Waals surface area contributed by atoms with Gasteiger partial charge in [-0.05, 0) is 41.3 Å². The minimum atomic E-state index is -1.04. The summed E-state index contributed by atoms with van der Waals surface area (Å²) >= 11 is 3.63. The number of primary amides is 1. The molecule has 9 nitrogen and oxygen atoms in total. The van der Waals surface area contributed by atoms with Gasteiger partial charge in [-0.2, -0.15) is 4.90 Å². The lowest BCUT2D eigenvalue weighted by molar-refractivity contribution is -0.136. The van der Waals surface area contributed by atoms with Crippen LogP contribution in [0.3, 0.4) is 0 Å². The van der Waals surface area contributed by atoms with Gasteiger partial charge in [0.15, 0.2) is 11.5 Å². The molecule has 0 radical (unpaired) electrons. The molecule has 0 spiro atoms. The molecule has 0 aromatic heterocycles. The Bertz CT molecular complexity index is 1330. The molecule has 2 saturated heterocycles. The van der Waals surface area contributed by atoms with Gasteiger partial charge in [0, 0.05) is 29.0 Å². The van der Waals surface area contributed by atoms with Gasteiger partial charge < -0.3 is 20.3 Å². The Morgan fingerprint density at radius 1 is 1.08 bits per heavy atom. The number of nitrogens with zero attached hydrogens (tertiary/aromatic N) is 2. The van der Waals surface area contributed by atoms with Crippen molar-refractivity contribution in [3.8, 4) is 11.5 Å². The molecular weight excluding hydrogens is 530 g/mol. The van der Waals surface area contributed by atoms with E-state index >= 15 is 0 Å². The fourth-order valence-corrected chi connectivity index (χ4v) is 6.66. The number of piperidine rings is 1. The Hall–Kier alpha value is -3.21. The maximum Gasteiger partial charge on any atom is 0.328 e. The van der Waals surface area contributed by atoms with Crippen molar-refractivity contribution in [2.45, 2.75) is 32.2 Å². The monoisotopic (exact) mass is 553 g/mol. The van der Waals surface area contributed by atoms with E-state index in [0.29, 0.717) is 22.9 Å². The zero-order valence-electron chi connectivity index (χ0n) is 19.4. The predicted molar refractivity (Wildman–Crippen MR) is 131 cm³/mol. The van der Waals surface area contributed by atoms with Gasteiger partial charge in [0.2, 0.25) is 18.6 Å². The number of imide groups is 3. The van der Waals surface area contributed by atoms with Crippen molar-refractivity contribution < 1.29 is 29.0 Å². The quantitative estimate of drug-likeness (QED) is 0.558. The molecule has 5 atom stereocenters. The molecular formula is C26H24BrN3O6. The maximum absolute atomic E-state index is 13.3. The molecule has 186 valence electrons. The predicted octanol–water partition coefficient (Wildman–Crippen LogP) is 2.64. The SMILES string of the molecule is CC1C2C(c3ccc(CO)cc3)=CC(C3C(=O)N(C(N)=O)C(=O)C23)N1Cc1cc2c(cc1Br)OCO2. The fraction of sp³-hybridized carbons (Fsp3) is 0.346. The van der Waals surface area contributed by atoms with Crippen molar-refractivity contribution in [2.24, 2.45) is 23.5 Å². The number of amides is 4. The first-order chi connectivity index (χ1) is 17.3. The molecule has 2 bridgehead atoms. The number of fused-ring (bicyclic) bond motifs is 2. The first kappa shape index (κ1) is 23.2. The minimum absolute atomic E-state index is 0.0643. The standard InChI is InChI=1S/C26H24BrN3O6/c1-12-21-16(14-4-2-13(10-31)3-5-14)7-18(22-23(21)25(33)30(24(22)32)26(28)34)29(12)9-15-6-19-20(8-17(15)27)36-11-35-19/h2-8,12,18,21-23,31H,9-11H2,1H3,(H2,28,34). The van der Waals surface area contributed by atoms with Crippen LogP contribution in [-0.4, -0.2) is 51.6 Å². The van der Waals surface area contributed by atoms with Crippen LogP contribution in [0, 0.1) is 17.8 Å². The van der Waals surface area contributed by atoms with Crippen molar-refractivity contribution in [3.05, 3.63) is 63.6 Å². The van der Waals surface area contributed by atoms with Gasteiger partial charge >= 0.3 is 6.03 Å². The van der Waals surface area contributed by atoms with E-state index < -0.39 is 35.7 Å². The van der Waals surface area contributed by atoms with Crippen LogP contribution < -0.4 is 15.2 Å². The minimum Gasteiger partial charge on any atom is -0.454 e. The van der Waals surface area contributed by atoms with Crippen LogP contribution in [0.25, 0.3) is 5.57 Å². The molecule has 4 amide bonds. The van der Waals surface area contributed by atoms with E-state index in [4.69, 9.17) is 15.2 Å². The van der Waals surface area contributed by atoms with Gasteiger partial charge in [-0.25, -0.2) is 4.79 Å². The Morgan fingerprint density at radius 3 is 2.42 bits per heavy atom. The summed E-state index contributed by atoms with van der Waals surface area (Å²) in [7, 11) is 0. The number of rotatable bonds is 4. The van der Waals surface area contributed by atoms with Crippen LogP contribution in [-0.2, 0) is 22.7 Å². The molecule has 5 aliphatic rings. The highest BCUT2D eigenvalue weighted by molar-refractivity contribution is 9.10. The van der Waals surface area contributed by atoms with Crippen molar-refractivity contribution in [1.82, 2.24) is 9.80 Å². The molecule has 2 fully saturated rings. The average Bonchev–Trinajstić information content (AvgIpc) is 3.42. The number of urea groups is 1. The summed E-state index contributed by atoms with van der Waals surface area (Å²) in [6.07, 6.45) is 2.05. The molecule has 4 heterocycles. The molecule has 3 N–H and O–H groups in total. The van der Waals surface area contributed by atoms with E-state index in [1.807, 2.05) is 36.4 Å². The normalized spacial score (nSPS) is 28.5. The third-order valence-electron chi connectivity index (χ3n) is 7.87. The molecule has 36 heavy (non-hydrogen) atoms. The number of hydrogen-bond donors (Lipinski definition) is 2. The number of hydrogen-bond acceptors (Lipinski definition) is 7. The molecule has 0 saturated carbocycles. The smallest absolute Gasteiger partial charge is 0.328 e. The van der Waals surface area contributed by atoms with Crippen LogP contribution in [0.4, 0.5) is 4.79 Å². The van der Waals surface area contributed by atoms with Crippen LogP contribution in [0.5, 0.6) is 11.5 Å². The van der Waals surface area contributed by atoms with E-state index in [-0.39, 0.29) is 25.4 Å². The second kappa shape index (κ2) is 8.43. The summed E-state index contributed by atoms with van der Waals surface area (Å²) < 4.78 is 11.9. The molecule has 5 unspecified atom stereocenters. The molecule has 4 aliphatic heterocycles. The summed E-state index contributed by atoms with van der Waals surface area (Å²) in [5, 5.41) is 9.44. The number of ether oxygens (including phenoxy) is 2. The van der Waals surface area contributed by atoms with E-state index in [9.17, 15) is 19.5 Å². The zero-order valence-corrected chi connectivity index (χ0v) is 21.0. The number of likely N-dealkylation sites (tertiary alicyclic amines) is 1. The summed E-state index contributed by atoms with van der Waals surface area (Å²) in [5.41, 5.74) is 9.08. The lowest BCUT2D eigenvalue weighted by Gasteiger charge is -2.53. The molecule has 1 aliphatic carbocycles. The number of aliphatic hydroxyl groups excluding tert-OH is 1. The van der Waals surface area contributed by atoms with Crippen LogP contribution >= 0.6 is 15.9 Å². The number of halogens is 1. The number of aliphatic hydroxyl groups is 1. The lowest BCUT2D eigenvalue weighted by Crippen LogP contribution is -2.61. The molecule has 2 aromatic rings. The average molecular weight is 554 g/mol. The van der Waals surface area contributed by atoms with Gasteiger partial charge in [0.05, 0.1) is 18.4 Å². The fourth-order valence-electron chi connectivity index (χ4n) is 6.22. The highest BCUT2D eigenvalue weighted by atomic mass is 79.9. The van der Waals surface area contributed by atoms with Crippen molar-refractivity contribution >= 4 is 39.3 Å². The maximum atomic E-state index is 13.3. The number of benzene rings is 2. The number of carbonyl (C=O) groups is 3. The van der Waals surface area contributed by atoms with Crippen LogP contribution in [0.15, 0.2) is 46.9 Å². The van der Waals surface area contributed by atoms with Crippen LogP contribution in [0.1, 0.15) is 23.6 Å². The van der Waals surface area contributed by atoms with Gasteiger partial charge in [0.25, 0.3) is 0 Å². The summed E-state index contributed by atoms with van der Waals surface area (Å²) in [6, 6.07) is 9.77. The lowest BCUT2D eigenvalue weighted by atomic mass is 9.62. The summed E-state index contributed by atoms with van der Waals surface area (Å²) in [4.78, 5) is 41.5. The third-order valence-corrected chi connectivity index (χ3v) is 8.61. The molecule has 10 heteroatoms. The van der Waals surface area contributed by atoms with Gasteiger partial charge in [-0.15, -0.1) is 0 Å². The van der Waals surface area contributed by atoms with Crippen LogP contribution in [0.2, 0.25) is 0 Å². The van der Waals surface area contributed by atoms with Gasteiger partial charge in [-0.3, -0.25) is 14.5 Å². The van der Waals surface area contributed by atoms with Crippen molar-refractivity contribution in [1.29, 1.82) is 0 Å². The Labute approximate surface area is 215 Å². The van der Waals surface area contributed by atoms with Gasteiger partial charge in [-0.1, -0.05) is 46.3 Å². The zero-order chi connectivity index (χ0) is 25.3. The highest BCUT2D eigenvalue weighted by Crippen LogP contribution is 2.54. The largest absolute Gasteiger partial charge is 0.454 e. The first-order valence-corrected chi connectivity index (χ1v) is 12.5. The Morgan fingerprint density at radius 2 is 1.75 bits per heavy atom. The topological polar surface area (TPSA) is 122 Å². The van der Waals surface area contributed by atoms with E-state index in [0.717, 1.165) is 26.7 Å². The van der Waals surface area contributed by atoms with Gasteiger partial charge in [0.1, 0.15) is 0 Å². The third kappa shape index (κ3) is 3.31.